The van der Waals surface area contributed by atoms with Crippen LogP contribution in [0.2, 0.25) is 0 Å². The number of benzene rings is 1. The van der Waals surface area contributed by atoms with Crippen LogP contribution in [0.5, 0.6) is 0 Å². The quantitative estimate of drug-likeness (QED) is 0.440. The van der Waals surface area contributed by atoms with E-state index in [1.54, 1.807) is 4.90 Å². The zero-order chi connectivity index (χ0) is 26.3. The first-order valence-electron chi connectivity index (χ1n) is 13.8. The number of ether oxygens (including phenoxy) is 1. The van der Waals surface area contributed by atoms with E-state index in [1.165, 1.54) is 5.56 Å². The fraction of sp³-hybridized carbons (Fsp3) is 0.643. The van der Waals surface area contributed by atoms with E-state index in [0.29, 0.717) is 52.0 Å². The minimum Gasteiger partial charge on any atom is -0.378 e. The molecule has 4 rings (SSSR count). The Morgan fingerprint density at radius 1 is 1.08 bits per heavy atom. The smallest absolute Gasteiger partial charge is 0.318 e. The van der Waals surface area contributed by atoms with E-state index in [1.807, 2.05) is 31.2 Å². The van der Waals surface area contributed by atoms with Crippen molar-refractivity contribution < 1.29 is 23.9 Å². The molecule has 1 saturated carbocycles. The fourth-order valence-electron chi connectivity index (χ4n) is 5.68. The number of hydrogen-bond acceptors (Lipinski definition) is 5. The lowest BCUT2D eigenvalue weighted by Crippen LogP contribution is -2.64. The van der Waals surface area contributed by atoms with Crippen LogP contribution in [-0.2, 0) is 25.5 Å². The second kappa shape index (κ2) is 12.5. The maximum atomic E-state index is 13.7. The number of amides is 4. The summed E-state index contributed by atoms with van der Waals surface area (Å²) in [6.07, 6.45) is 7.15. The minimum absolute atomic E-state index is 0.201. The largest absolute Gasteiger partial charge is 0.378 e. The molecule has 3 N–H and O–H groups in total. The van der Waals surface area contributed by atoms with Crippen LogP contribution in [0, 0.1) is 0 Å². The molecule has 1 aliphatic heterocycles. The Labute approximate surface area is 219 Å². The van der Waals surface area contributed by atoms with Crippen molar-refractivity contribution in [1.82, 2.24) is 20.9 Å². The molecule has 2 aliphatic carbocycles. The van der Waals surface area contributed by atoms with Gasteiger partial charge in [-0.15, -0.1) is 0 Å². The van der Waals surface area contributed by atoms with E-state index in [4.69, 9.17) is 4.74 Å². The van der Waals surface area contributed by atoms with E-state index in [-0.39, 0.29) is 18.0 Å². The monoisotopic (exact) mass is 512 g/mol. The summed E-state index contributed by atoms with van der Waals surface area (Å²) in [6, 6.07) is 6.53. The number of unbranched alkanes of at least 4 members (excludes halogenated alkanes) is 1. The van der Waals surface area contributed by atoms with E-state index < -0.39 is 23.3 Å². The van der Waals surface area contributed by atoms with Crippen LogP contribution < -0.4 is 16.0 Å². The van der Waals surface area contributed by atoms with Gasteiger partial charge in [-0.25, -0.2) is 4.79 Å². The maximum Gasteiger partial charge on any atom is 0.318 e. The number of urea groups is 1. The molecule has 2 atom stereocenters. The lowest BCUT2D eigenvalue weighted by molar-refractivity contribution is -0.141. The molecule has 202 valence electrons. The van der Waals surface area contributed by atoms with Gasteiger partial charge in [0, 0.05) is 13.1 Å². The third kappa shape index (κ3) is 6.50. The van der Waals surface area contributed by atoms with Gasteiger partial charge in [0.2, 0.25) is 11.7 Å². The van der Waals surface area contributed by atoms with Crippen LogP contribution in [0.3, 0.4) is 0 Å². The number of carbonyl (C=O) groups excluding carboxylic acids is 4. The number of nitrogens with one attached hydrogen (secondary N) is 3. The molecule has 0 spiro atoms. The van der Waals surface area contributed by atoms with Gasteiger partial charge in [0.25, 0.3) is 5.91 Å². The number of carbonyl (C=O) groups is 4. The molecule has 9 heteroatoms. The molecule has 0 aromatic heterocycles. The number of fused-ring (bicyclic) bond motifs is 1. The molecular weight excluding hydrogens is 472 g/mol. The molecule has 1 aromatic carbocycles. The van der Waals surface area contributed by atoms with Gasteiger partial charge in [0.05, 0.1) is 25.3 Å². The highest BCUT2D eigenvalue weighted by Crippen LogP contribution is 2.31. The van der Waals surface area contributed by atoms with Crippen molar-refractivity contribution in [1.29, 1.82) is 0 Å². The number of ketones is 1. The number of hydrogen-bond donors (Lipinski definition) is 3. The molecule has 1 unspecified atom stereocenters. The first kappa shape index (κ1) is 27.1. The molecule has 3 aliphatic rings. The van der Waals surface area contributed by atoms with Crippen LogP contribution in [0.25, 0.3) is 0 Å². The molecule has 9 nitrogen and oxygen atoms in total. The van der Waals surface area contributed by atoms with Gasteiger partial charge in [-0.3, -0.25) is 14.4 Å². The van der Waals surface area contributed by atoms with E-state index in [0.717, 1.165) is 44.1 Å². The Balaban J connectivity index is 1.44. The fourth-order valence-corrected chi connectivity index (χ4v) is 5.68. The summed E-state index contributed by atoms with van der Waals surface area (Å²) in [7, 11) is 0. The molecule has 2 fully saturated rings. The van der Waals surface area contributed by atoms with Crippen LogP contribution in [0.1, 0.15) is 81.9 Å². The van der Waals surface area contributed by atoms with E-state index >= 15 is 0 Å². The lowest BCUT2D eigenvalue weighted by Gasteiger charge is -2.39. The predicted octanol–water partition coefficient (Wildman–Crippen LogP) is 2.78. The van der Waals surface area contributed by atoms with Gasteiger partial charge in [-0.2, -0.15) is 0 Å². The topological polar surface area (TPSA) is 117 Å². The first-order chi connectivity index (χ1) is 17.9. The third-order valence-electron chi connectivity index (χ3n) is 7.92. The van der Waals surface area contributed by atoms with E-state index in [9.17, 15) is 19.2 Å². The summed E-state index contributed by atoms with van der Waals surface area (Å²) >= 11 is 0. The summed E-state index contributed by atoms with van der Waals surface area (Å²) in [5.74, 6) is -1.67. The number of nitrogens with zero attached hydrogens (tertiary/aromatic N) is 1. The molecule has 4 amide bonds. The number of morpholine rings is 1. The summed E-state index contributed by atoms with van der Waals surface area (Å²) in [6.45, 7) is 3.91. The van der Waals surface area contributed by atoms with Gasteiger partial charge in [0.1, 0.15) is 5.54 Å². The van der Waals surface area contributed by atoms with Crippen molar-refractivity contribution in [2.45, 2.75) is 88.8 Å². The second-order valence-electron chi connectivity index (χ2n) is 10.5. The van der Waals surface area contributed by atoms with Crippen LogP contribution in [0.4, 0.5) is 4.79 Å². The molecule has 0 radical (unpaired) electrons. The third-order valence-corrected chi connectivity index (χ3v) is 7.92. The van der Waals surface area contributed by atoms with Crippen LogP contribution >= 0.6 is 0 Å². The van der Waals surface area contributed by atoms with Crippen molar-refractivity contribution in [2.75, 3.05) is 26.3 Å². The Morgan fingerprint density at radius 2 is 1.81 bits per heavy atom. The summed E-state index contributed by atoms with van der Waals surface area (Å²) in [5, 5.41) is 8.80. The zero-order valence-electron chi connectivity index (χ0n) is 21.9. The van der Waals surface area contributed by atoms with Crippen LogP contribution in [0.15, 0.2) is 24.3 Å². The zero-order valence-corrected chi connectivity index (χ0v) is 21.9. The Hall–Kier alpha value is -2.94. The summed E-state index contributed by atoms with van der Waals surface area (Å²) in [5.41, 5.74) is 1.15. The number of aryl methyl sites for hydroxylation is 1. The van der Waals surface area contributed by atoms with Crippen molar-refractivity contribution in [3.05, 3.63) is 35.4 Å². The molecular formula is C28H40N4O5. The normalized spacial score (nSPS) is 21.4. The number of rotatable bonds is 9. The van der Waals surface area contributed by atoms with Gasteiger partial charge in [-0.05, 0) is 43.2 Å². The van der Waals surface area contributed by atoms with Gasteiger partial charge < -0.3 is 25.6 Å². The Bertz CT molecular complexity index is 985. The maximum absolute atomic E-state index is 13.7. The highest BCUT2D eigenvalue weighted by atomic mass is 16.5. The standard InChI is InChI=1S/C28H40N4O5/c1-2-3-11-23(24(33)25(34)29-22-13-12-20-9-5-6-10-21(20)22)30-26(35)28(14-7-4-8-15-28)31-27(36)32-16-18-37-19-17-32/h5-6,9-10,22-23H,2-4,7-8,11-19H2,1H3,(H,29,34)(H,30,35)(H,31,36)/t22?,23-/m0/s1. The number of Topliss-reactive ketones (excluding diaryl/α,β-unsaturated/α-hetero) is 1. The lowest BCUT2D eigenvalue weighted by atomic mass is 9.80. The Kier molecular flexibility index (Phi) is 9.18. The average molecular weight is 513 g/mol. The highest BCUT2D eigenvalue weighted by Gasteiger charge is 2.43. The van der Waals surface area contributed by atoms with Crippen molar-refractivity contribution in [2.24, 2.45) is 0 Å². The molecule has 37 heavy (non-hydrogen) atoms. The predicted molar refractivity (Wildman–Crippen MR) is 139 cm³/mol. The minimum atomic E-state index is -1.08. The van der Waals surface area contributed by atoms with Crippen molar-refractivity contribution in [3.8, 4) is 0 Å². The molecule has 1 heterocycles. The van der Waals surface area contributed by atoms with E-state index in [2.05, 4.69) is 16.0 Å². The van der Waals surface area contributed by atoms with Gasteiger partial charge in [-0.1, -0.05) is 63.3 Å². The SMILES string of the molecule is CCCC[C@H](NC(=O)C1(NC(=O)N2CCOCC2)CCCCC1)C(=O)C(=O)NC1CCc2ccccc21. The second-order valence-corrected chi connectivity index (χ2v) is 10.5. The molecule has 1 aromatic rings. The highest BCUT2D eigenvalue weighted by molar-refractivity contribution is 6.38. The summed E-state index contributed by atoms with van der Waals surface area (Å²) < 4.78 is 5.34. The van der Waals surface area contributed by atoms with Crippen molar-refractivity contribution >= 4 is 23.6 Å². The average Bonchev–Trinajstić information content (AvgIpc) is 3.34. The van der Waals surface area contributed by atoms with Crippen LogP contribution in [-0.4, -0.2) is 66.4 Å². The van der Waals surface area contributed by atoms with Crippen molar-refractivity contribution in [3.63, 3.8) is 0 Å². The Morgan fingerprint density at radius 3 is 2.54 bits per heavy atom. The van der Waals surface area contributed by atoms with Gasteiger partial charge in [0.15, 0.2) is 0 Å². The molecule has 0 bridgehead atoms. The summed E-state index contributed by atoms with van der Waals surface area (Å²) in [4.78, 5) is 54.7. The van der Waals surface area contributed by atoms with Gasteiger partial charge >= 0.3 is 6.03 Å². The first-order valence-corrected chi connectivity index (χ1v) is 13.8. The molecule has 1 saturated heterocycles.